The van der Waals surface area contributed by atoms with Gasteiger partial charge in [0.05, 0.1) is 11.1 Å². The van der Waals surface area contributed by atoms with E-state index in [-0.39, 0.29) is 20.1 Å². The molecule has 23 heavy (non-hydrogen) atoms. The fourth-order valence-electron chi connectivity index (χ4n) is 1.71. The third kappa shape index (κ3) is 4.55. The number of carboxylic acid groups (broad SMARTS) is 1. The minimum Gasteiger partial charge on any atom is -0.478 e. The second-order valence-electron chi connectivity index (χ2n) is 4.58. The number of carbonyl (C=O) groups excluding carboxylic acids is 1. The van der Waals surface area contributed by atoms with Crippen molar-refractivity contribution < 1.29 is 19.4 Å². The van der Waals surface area contributed by atoms with Crippen LogP contribution in [0.4, 0.5) is 0 Å². The van der Waals surface area contributed by atoms with Gasteiger partial charge in [-0.1, -0.05) is 12.7 Å². The zero-order valence-corrected chi connectivity index (χ0v) is 18.3. The maximum Gasteiger partial charge on any atom is 0.340 e. The number of carbonyl (C=O) groups is 2. The molecular formula is C15H12Br4O4. The number of carboxylic acids is 1. The summed E-state index contributed by atoms with van der Waals surface area (Å²) in [5, 5.41) is 9.45. The molecule has 1 unspecified atom stereocenters. The lowest BCUT2D eigenvalue weighted by Crippen LogP contribution is -2.21. The lowest BCUT2D eigenvalue weighted by atomic mass is 10.1. The summed E-state index contributed by atoms with van der Waals surface area (Å²) in [7, 11) is 0. The third-order valence-electron chi connectivity index (χ3n) is 2.86. The summed E-state index contributed by atoms with van der Waals surface area (Å²) in [4.78, 5) is 24.1. The van der Waals surface area contributed by atoms with E-state index in [9.17, 15) is 14.7 Å². The molecule has 1 aromatic rings. The normalized spacial score (nSPS) is 11.7. The first-order valence-electron chi connectivity index (χ1n) is 6.19. The molecule has 1 atom stereocenters. The molecule has 1 rings (SSSR count). The fourth-order valence-corrected chi connectivity index (χ4v) is 4.16. The smallest absolute Gasteiger partial charge is 0.340 e. The largest absolute Gasteiger partial charge is 0.478 e. The molecular weight excluding hydrogens is 564 g/mol. The lowest BCUT2D eigenvalue weighted by molar-refractivity contribution is 0.0372. The van der Waals surface area contributed by atoms with Crippen LogP contribution in [0.3, 0.4) is 0 Å². The molecule has 0 aliphatic carbocycles. The minimum atomic E-state index is -1.26. The van der Waals surface area contributed by atoms with Crippen LogP contribution in [0.1, 0.15) is 34.1 Å². The van der Waals surface area contributed by atoms with Gasteiger partial charge in [0.15, 0.2) is 0 Å². The van der Waals surface area contributed by atoms with Gasteiger partial charge in [-0.15, -0.1) is 6.58 Å². The van der Waals surface area contributed by atoms with E-state index in [2.05, 4.69) is 76.9 Å². The monoisotopic (exact) mass is 572 g/mol. The molecule has 0 bridgehead atoms. The molecule has 1 N–H and O–H groups in total. The highest BCUT2D eigenvalue weighted by atomic mass is 79.9. The second-order valence-corrected chi connectivity index (χ2v) is 7.75. The first kappa shape index (κ1) is 20.6. The van der Waals surface area contributed by atoms with Crippen molar-refractivity contribution in [1.82, 2.24) is 0 Å². The quantitative estimate of drug-likeness (QED) is 0.192. The van der Waals surface area contributed by atoms with E-state index in [0.29, 0.717) is 20.9 Å². The van der Waals surface area contributed by atoms with Gasteiger partial charge in [0.1, 0.15) is 6.10 Å². The Morgan fingerprint density at radius 3 is 2.00 bits per heavy atom. The van der Waals surface area contributed by atoms with Crippen LogP contribution in [0.15, 0.2) is 42.7 Å². The Labute approximate surface area is 167 Å². The molecule has 0 amide bonds. The summed E-state index contributed by atoms with van der Waals surface area (Å²) in [6, 6.07) is 0. The van der Waals surface area contributed by atoms with E-state index in [1.165, 1.54) is 0 Å². The molecule has 0 radical (unpaired) electrons. The Hall–Kier alpha value is -0.440. The molecule has 0 fully saturated rings. The van der Waals surface area contributed by atoms with Crippen molar-refractivity contribution >= 4 is 75.7 Å². The van der Waals surface area contributed by atoms with Gasteiger partial charge in [-0.25, -0.2) is 9.59 Å². The molecule has 0 aromatic heterocycles. The molecule has 1 aromatic carbocycles. The molecule has 124 valence electrons. The van der Waals surface area contributed by atoms with E-state index >= 15 is 0 Å². The van der Waals surface area contributed by atoms with E-state index in [1.807, 2.05) is 0 Å². The first-order chi connectivity index (χ1) is 10.6. The number of esters is 1. The lowest BCUT2D eigenvalue weighted by Gasteiger charge is -2.19. The second kappa shape index (κ2) is 8.60. The van der Waals surface area contributed by atoms with Gasteiger partial charge in [0.25, 0.3) is 0 Å². The topological polar surface area (TPSA) is 63.6 Å². The molecule has 0 saturated carbocycles. The molecule has 0 aliphatic rings. The van der Waals surface area contributed by atoms with Crippen LogP contribution < -0.4 is 0 Å². The van der Waals surface area contributed by atoms with Crippen LogP contribution in [0.25, 0.3) is 0 Å². The SMILES string of the molecule is C=CCC(OC(=O)c1c(Br)c(Br)c(Br)c(Br)c1C(=O)O)C(=C)C. The van der Waals surface area contributed by atoms with Gasteiger partial charge in [0.2, 0.25) is 0 Å². The number of aromatic carboxylic acids is 1. The van der Waals surface area contributed by atoms with Gasteiger partial charge in [0, 0.05) is 24.3 Å². The Balaban J connectivity index is 3.47. The highest BCUT2D eigenvalue weighted by molar-refractivity contribution is 9.15. The molecule has 0 aliphatic heterocycles. The Bertz CT molecular complexity index is 697. The number of benzene rings is 1. The summed E-state index contributed by atoms with van der Waals surface area (Å²) >= 11 is 13.0. The van der Waals surface area contributed by atoms with Crippen molar-refractivity contribution in [1.29, 1.82) is 0 Å². The number of halogens is 4. The van der Waals surface area contributed by atoms with Crippen molar-refractivity contribution in [2.75, 3.05) is 0 Å². The Morgan fingerprint density at radius 2 is 1.61 bits per heavy atom. The highest BCUT2D eigenvalue weighted by Gasteiger charge is 2.30. The standard InChI is InChI=1S/C15H12Br4O4/c1-4-5-7(6(2)3)23-15(22)9-8(14(20)21)10(16)12(18)13(19)11(9)17/h4,7H,1-2,5H2,3H3,(H,20,21). The van der Waals surface area contributed by atoms with Crippen LogP contribution in [0, 0.1) is 0 Å². The summed E-state index contributed by atoms with van der Waals surface area (Å²) in [6.07, 6.45) is 1.42. The fraction of sp³-hybridized carbons (Fsp3) is 0.200. The number of hydrogen-bond donors (Lipinski definition) is 1. The number of rotatable bonds is 6. The van der Waals surface area contributed by atoms with Crippen molar-refractivity contribution in [2.24, 2.45) is 0 Å². The molecule has 0 saturated heterocycles. The predicted octanol–water partition coefficient (Wildman–Crippen LogP) is 6.11. The summed E-state index contributed by atoms with van der Waals surface area (Å²) in [5.74, 6) is -2.02. The molecule has 8 heteroatoms. The summed E-state index contributed by atoms with van der Waals surface area (Å²) in [5.41, 5.74) is 0.354. The third-order valence-corrected chi connectivity index (χ3v) is 7.63. The maximum atomic E-state index is 12.5. The van der Waals surface area contributed by atoms with Crippen LogP contribution in [0.5, 0.6) is 0 Å². The molecule has 4 nitrogen and oxygen atoms in total. The molecule has 0 spiro atoms. The van der Waals surface area contributed by atoms with Gasteiger partial charge in [-0.05, 0) is 76.2 Å². The van der Waals surface area contributed by atoms with Crippen molar-refractivity contribution in [3.63, 3.8) is 0 Å². The molecule has 0 heterocycles. The van der Waals surface area contributed by atoms with Crippen LogP contribution in [-0.2, 0) is 4.74 Å². The summed E-state index contributed by atoms with van der Waals surface area (Å²) in [6.45, 7) is 9.10. The van der Waals surface area contributed by atoms with E-state index < -0.39 is 18.0 Å². The van der Waals surface area contributed by atoms with E-state index in [4.69, 9.17) is 4.74 Å². The van der Waals surface area contributed by atoms with Gasteiger partial charge in [-0.3, -0.25) is 0 Å². The zero-order valence-electron chi connectivity index (χ0n) is 12.0. The van der Waals surface area contributed by atoms with E-state index in [1.54, 1.807) is 13.0 Å². The van der Waals surface area contributed by atoms with Gasteiger partial charge >= 0.3 is 11.9 Å². The average molecular weight is 576 g/mol. The van der Waals surface area contributed by atoms with Gasteiger partial charge in [-0.2, -0.15) is 0 Å². The average Bonchev–Trinajstić information content (AvgIpc) is 2.47. The number of hydrogen-bond acceptors (Lipinski definition) is 3. The highest BCUT2D eigenvalue weighted by Crippen LogP contribution is 2.42. The number of ether oxygens (including phenoxy) is 1. The van der Waals surface area contributed by atoms with Crippen LogP contribution in [-0.4, -0.2) is 23.1 Å². The Morgan fingerprint density at radius 1 is 1.13 bits per heavy atom. The maximum absolute atomic E-state index is 12.5. The van der Waals surface area contributed by atoms with Crippen LogP contribution in [0.2, 0.25) is 0 Å². The van der Waals surface area contributed by atoms with Gasteiger partial charge < -0.3 is 9.84 Å². The van der Waals surface area contributed by atoms with Crippen molar-refractivity contribution in [2.45, 2.75) is 19.4 Å². The first-order valence-corrected chi connectivity index (χ1v) is 9.37. The zero-order chi connectivity index (χ0) is 17.9. The minimum absolute atomic E-state index is 0.0882. The van der Waals surface area contributed by atoms with Crippen molar-refractivity contribution in [3.05, 3.63) is 53.8 Å². The van der Waals surface area contributed by atoms with E-state index in [0.717, 1.165) is 0 Å². The Kier molecular flexibility index (Phi) is 7.70. The summed E-state index contributed by atoms with van der Waals surface area (Å²) < 4.78 is 6.89. The van der Waals surface area contributed by atoms with Crippen LogP contribution >= 0.6 is 63.7 Å². The van der Waals surface area contributed by atoms with Crippen molar-refractivity contribution in [3.8, 4) is 0 Å². The predicted molar refractivity (Wildman–Crippen MR) is 103 cm³/mol.